The van der Waals surface area contributed by atoms with Crippen LogP contribution in [0.25, 0.3) is 0 Å². The minimum atomic E-state index is -0.365. The van der Waals surface area contributed by atoms with Crippen LogP contribution in [-0.4, -0.2) is 26.9 Å². The average Bonchev–Trinajstić information content (AvgIpc) is 3.40. The maximum atomic E-state index is 13.5. The van der Waals surface area contributed by atoms with E-state index in [0.717, 1.165) is 24.2 Å². The summed E-state index contributed by atoms with van der Waals surface area (Å²) in [6, 6.07) is 12.1. The van der Waals surface area contributed by atoms with Crippen LogP contribution in [0.3, 0.4) is 0 Å². The van der Waals surface area contributed by atoms with Crippen molar-refractivity contribution in [3.63, 3.8) is 0 Å². The van der Waals surface area contributed by atoms with Crippen LogP contribution in [0.4, 0.5) is 8.78 Å². The number of hydrogen-bond donors (Lipinski definition) is 0. The van der Waals surface area contributed by atoms with Gasteiger partial charge in [-0.05, 0) is 60.7 Å². The van der Waals surface area contributed by atoms with Gasteiger partial charge in [-0.2, -0.15) is 0 Å². The molecule has 1 saturated carbocycles. The molecule has 0 spiro atoms. The largest absolute Gasteiger partial charge is 0.331 e. The number of hydrogen-bond acceptors (Lipinski definition) is 2. The molecule has 144 valence electrons. The predicted octanol–water partition coefficient (Wildman–Crippen LogP) is 4.26. The third-order valence-electron chi connectivity index (χ3n) is 4.93. The van der Waals surface area contributed by atoms with E-state index in [1.165, 1.54) is 36.4 Å². The summed E-state index contributed by atoms with van der Waals surface area (Å²) >= 11 is 0. The highest BCUT2D eigenvalue weighted by atomic mass is 19.1. The first-order valence-electron chi connectivity index (χ1n) is 9.38. The van der Waals surface area contributed by atoms with Crippen molar-refractivity contribution in [1.82, 2.24) is 14.5 Å². The number of imidazole rings is 1. The first-order chi connectivity index (χ1) is 13.6. The minimum absolute atomic E-state index is 0.132. The number of carbonyl (C=O) groups is 1. The van der Waals surface area contributed by atoms with Crippen LogP contribution in [0.2, 0.25) is 0 Å². The van der Waals surface area contributed by atoms with E-state index < -0.39 is 0 Å². The first-order valence-corrected chi connectivity index (χ1v) is 9.38. The minimum Gasteiger partial charge on any atom is -0.331 e. The molecule has 28 heavy (non-hydrogen) atoms. The Hall–Kier alpha value is -3.02. The van der Waals surface area contributed by atoms with Gasteiger partial charge >= 0.3 is 0 Å². The maximum absolute atomic E-state index is 13.5. The predicted molar refractivity (Wildman–Crippen MR) is 102 cm³/mol. The van der Waals surface area contributed by atoms with Gasteiger partial charge in [0, 0.05) is 31.0 Å². The Bertz CT molecular complexity index is 964. The zero-order valence-corrected chi connectivity index (χ0v) is 15.4. The molecule has 1 aromatic heterocycles. The molecule has 1 heterocycles. The molecule has 1 aliphatic rings. The highest BCUT2D eigenvalue weighted by Gasteiger charge is 2.28. The summed E-state index contributed by atoms with van der Waals surface area (Å²) in [4.78, 5) is 19.2. The molecule has 1 fully saturated rings. The van der Waals surface area contributed by atoms with Crippen LogP contribution in [0, 0.1) is 17.6 Å². The van der Waals surface area contributed by atoms with Crippen LogP contribution in [-0.2, 0) is 13.1 Å². The van der Waals surface area contributed by atoms with E-state index in [0.29, 0.717) is 31.1 Å². The second-order valence-electron chi connectivity index (χ2n) is 7.24. The number of amides is 1. The average molecular weight is 381 g/mol. The molecule has 2 aromatic carbocycles. The Morgan fingerprint density at radius 2 is 1.89 bits per heavy atom. The van der Waals surface area contributed by atoms with Crippen molar-refractivity contribution in [2.45, 2.75) is 25.9 Å². The molecular weight excluding hydrogens is 360 g/mol. The fourth-order valence-corrected chi connectivity index (χ4v) is 3.24. The van der Waals surface area contributed by atoms with Crippen LogP contribution in [0.5, 0.6) is 0 Å². The summed E-state index contributed by atoms with van der Waals surface area (Å²) in [5.41, 5.74) is 1.29. The van der Waals surface area contributed by atoms with Gasteiger partial charge in [0.25, 0.3) is 5.91 Å². The van der Waals surface area contributed by atoms with Crippen molar-refractivity contribution >= 4 is 5.91 Å². The van der Waals surface area contributed by atoms with Gasteiger partial charge in [-0.15, -0.1) is 0 Å². The Labute approximate surface area is 162 Å². The van der Waals surface area contributed by atoms with E-state index >= 15 is 0 Å². The fraction of sp³-hybridized carbons (Fsp3) is 0.273. The summed E-state index contributed by atoms with van der Waals surface area (Å²) in [6.45, 7) is 1.49. The maximum Gasteiger partial charge on any atom is 0.254 e. The van der Waals surface area contributed by atoms with E-state index in [9.17, 15) is 13.6 Å². The van der Waals surface area contributed by atoms with E-state index in [-0.39, 0.29) is 17.5 Å². The van der Waals surface area contributed by atoms with Gasteiger partial charge in [0.2, 0.25) is 0 Å². The molecule has 0 radical (unpaired) electrons. The topological polar surface area (TPSA) is 38.1 Å². The molecule has 0 atom stereocenters. The molecular formula is C22H21F2N3O. The summed E-state index contributed by atoms with van der Waals surface area (Å²) in [6.07, 6.45) is 5.75. The quantitative estimate of drug-likeness (QED) is 0.613. The van der Waals surface area contributed by atoms with Crippen molar-refractivity contribution in [3.8, 4) is 0 Å². The smallest absolute Gasteiger partial charge is 0.254 e. The van der Waals surface area contributed by atoms with Gasteiger partial charge in [0.05, 0.1) is 6.54 Å². The zero-order chi connectivity index (χ0) is 19.5. The lowest BCUT2D eigenvalue weighted by atomic mass is 10.2. The van der Waals surface area contributed by atoms with E-state index in [1.807, 2.05) is 16.8 Å². The van der Waals surface area contributed by atoms with E-state index in [2.05, 4.69) is 4.98 Å². The van der Waals surface area contributed by atoms with Crippen molar-refractivity contribution in [1.29, 1.82) is 0 Å². The number of carbonyl (C=O) groups excluding carboxylic acids is 1. The molecule has 4 rings (SSSR count). The number of benzene rings is 2. The van der Waals surface area contributed by atoms with Crippen molar-refractivity contribution < 1.29 is 13.6 Å². The third-order valence-corrected chi connectivity index (χ3v) is 4.93. The Morgan fingerprint density at radius 3 is 2.61 bits per heavy atom. The van der Waals surface area contributed by atoms with Gasteiger partial charge in [-0.3, -0.25) is 4.79 Å². The standard InChI is InChI=1S/C22H21F2N3O/c23-19-8-6-18(7-9-19)22(28)27(13-16-4-5-16)15-21-25-10-11-26(21)14-17-2-1-3-20(24)12-17/h1-3,6-12,16H,4-5,13-15H2. The van der Waals surface area contributed by atoms with Crippen LogP contribution in [0.1, 0.15) is 34.6 Å². The SMILES string of the molecule is O=C(c1ccc(F)cc1)N(Cc1nccn1Cc1cccc(F)c1)CC1CC1. The second-order valence-corrected chi connectivity index (χ2v) is 7.24. The summed E-state index contributed by atoms with van der Waals surface area (Å²) < 4.78 is 28.6. The lowest BCUT2D eigenvalue weighted by Crippen LogP contribution is -2.33. The van der Waals surface area contributed by atoms with E-state index in [4.69, 9.17) is 0 Å². The summed E-state index contributed by atoms with van der Waals surface area (Å²) in [5.74, 6) is 0.473. The lowest BCUT2D eigenvalue weighted by Gasteiger charge is -2.23. The molecule has 0 unspecified atom stereocenters. The number of nitrogens with zero attached hydrogens (tertiary/aromatic N) is 3. The molecule has 0 saturated heterocycles. The van der Waals surface area contributed by atoms with Gasteiger partial charge in [-0.1, -0.05) is 12.1 Å². The number of halogens is 2. The monoisotopic (exact) mass is 381 g/mol. The van der Waals surface area contributed by atoms with Crippen LogP contribution < -0.4 is 0 Å². The number of rotatable bonds is 7. The summed E-state index contributed by atoms with van der Waals surface area (Å²) in [5, 5.41) is 0. The van der Waals surface area contributed by atoms with Crippen molar-refractivity contribution in [2.24, 2.45) is 5.92 Å². The molecule has 0 aliphatic heterocycles. The second kappa shape index (κ2) is 7.92. The van der Waals surface area contributed by atoms with E-state index in [1.54, 1.807) is 17.2 Å². The molecule has 4 nitrogen and oxygen atoms in total. The number of aromatic nitrogens is 2. The van der Waals surface area contributed by atoms with Crippen LogP contribution in [0.15, 0.2) is 60.9 Å². The van der Waals surface area contributed by atoms with Crippen molar-refractivity contribution in [3.05, 3.63) is 89.5 Å². The lowest BCUT2D eigenvalue weighted by molar-refractivity contribution is 0.0728. The third kappa shape index (κ3) is 4.44. The molecule has 1 amide bonds. The Kier molecular flexibility index (Phi) is 5.19. The molecule has 6 heteroatoms. The molecule has 1 aliphatic carbocycles. The molecule has 0 bridgehead atoms. The Balaban J connectivity index is 1.53. The zero-order valence-electron chi connectivity index (χ0n) is 15.4. The van der Waals surface area contributed by atoms with Crippen LogP contribution >= 0.6 is 0 Å². The Morgan fingerprint density at radius 1 is 1.11 bits per heavy atom. The van der Waals surface area contributed by atoms with Gasteiger partial charge < -0.3 is 9.47 Å². The van der Waals surface area contributed by atoms with Crippen molar-refractivity contribution in [2.75, 3.05) is 6.54 Å². The van der Waals surface area contributed by atoms with Gasteiger partial charge in [0.15, 0.2) is 0 Å². The molecule has 3 aromatic rings. The first kappa shape index (κ1) is 18.3. The normalized spacial score (nSPS) is 13.5. The highest BCUT2D eigenvalue weighted by Crippen LogP contribution is 2.30. The van der Waals surface area contributed by atoms with Gasteiger partial charge in [-0.25, -0.2) is 13.8 Å². The molecule has 0 N–H and O–H groups in total. The summed E-state index contributed by atoms with van der Waals surface area (Å²) in [7, 11) is 0. The highest BCUT2D eigenvalue weighted by molar-refractivity contribution is 5.94. The fourth-order valence-electron chi connectivity index (χ4n) is 3.24. The van der Waals surface area contributed by atoms with Gasteiger partial charge in [0.1, 0.15) is 17.5 Å².